The van der Waals surface area contributed by atoms with Crippen molar-refractivity contribution in [3.05, 3.63) is 29.3 Å². The first-order valence-electron chi connectivity index (χ1n) is 5.88. The molecule has 0 heterocycles. The number of anilines is 1. The Hall–Kier alpha value is -1.03. The summed E-state index contributed by atoms with van der Waals surface area (Å²) in [4.78, 5) is 0. The highest BCUT2D eigenvalue weighted by atomic mass is 32.2. The van der Waals surface area contributed by atoms with Gasteiger partial charge in [0, 0.05) is 18.0 Å². The highest BCUT2D eigenvalue weighted by Gasteiger charge is 2.36. The van der Waals surface area contributed by atoms with Crippen LogP contribution in [0.25, 0.3) is 0 Å². The number of rotatable bonds is 3. The van der Waals surface area contributed by atoms with E-state index >= 15 is 0 Å². The van der Waals surface area contributed by atoms with E-state index in [4.69, 9.17) is 0 Å². The van der Waals surface area contributed by atoms with Crippen molar-refractivity contribution in [1.82, 2.24) is 0 Å². The predicted molar refractivity (Wildman–Crippen MR) is 71.2 cm³/mol. The Labute approximate surface area is 103 Å². The van der Waals surface area contributed by atoms with Crippen LogP contribution in [0.3, 0.4) is 0 Å². The SMILES string of the molecule is Cc1cc(C)cc(NC2CC(S(C)(=O)=O)C2)c1. The number of hydrogen-bond acceptors (Lipinski definition) is 3. The van der Waals surface area contributed by atoms with Crippen LogP contribution in [-0.2, 0) is 9.84 Å². The molecule has 0 radical (unpaired) electrons. The van der Waals surface area contributed by atoms with Gasteiger partial charge in [0.2, 0.25) is 0 Å². The Morgan fingerprint density at radius 2 is 1.65 bits per heavy atom. The van der Waals surface area contributed by atoms with Crippen molar-refractivity contribution in [3.8, 4) is 0 Å². The summed E-state index contributed by atoms with van der Waals surface area (Å²) in [6, 6.07) is 6.63. The molecule has 1 aromatic carbocycles. The number of aryl methyl sites for hydroxylation is 2. The van der Waals surface area contributed by atoms with Crippen molar-refractivity contribution in [2.24, 2.45) is 0 Å². The maximum atomic E-state index is 11.3. The van der Waals surface area contributed by atoms with E-state index in [2.05, 4.69) is 37.4 Å². The van der Waals surface area contributed by atoms with Crippen molar-refractivity contribution in [3.63, 3.8) is 0 Å². The van der Waals surface area contributed by atoms with E-state index in [-0.39, 0.29) is 5.25 Å². The molecule has 0 atom stereocenters. The van der Waals surface area contributed by atoms with Gasteiger partial charge in [-0.2, -0.15) is 0 Å². The van der Waals surface area contributed by atoms with Crippen molar-refractivity contribution in [1.29, 1.82) is 0 Å². The molecule has 1 fully saturated rings. The minimum absolute atomic E-state index is 0.147. The smallest absolute Gasteiger partial charge is 0.150 e. The lowest BCUT2D eigenvalue weighted by molar-refractivity contribution is 0.434. The van der Waals surface area contributed by atoms with Crippen LogP contribution in [-0.4, -0.2) is 26.0 Å². The average Bonchev–Trinajstić information content (AvgIpc) is 2.06. The molecule has 1 aliphatic carbocycles. The van der Waals surface area contributed by atoms with Gasteiger partial charge in [0.1, 0.15) is 9.84 Å². The first-order valence-corrected chi connectivity index (χ1v) is 7.84. The second-order valence-corrected chi connectivity index (χ2v) is 7.47. The molecule has 0 aliphatic heterocycles. The van der Waals surface area contributed by atoms with Gasteiger partial charge in [-0.1, -0.05) is 6.07 Å². The molecule has 4 heteroatoms. The van der Waals surface area contributed by atoms with Gasteiger partial charge in [0.05, 0.1) is 5.25 Å². The lowest BCUT2D eigenvalue weighted by atomic mass is 9.92. The van der Waals surface area contributed by atoms with Gasteiger partial charge in [0.25, 0.3) is 0 Å². The molecule has 0 spiro atoms. The van der Waals surface area contributed by atoms with Gasteiger partial charge in [0.15, 0.2) is 0 Å². The second-order valence-electron chi connectivity index (χ2n) is 5.14. The third-order valence-corrected chi connectivity index (χ3v) is 4.89. The summed E-state index contributed by atoms with van der Waals surface area (Å²) in [6.07, 6.45) is 2.78. The molecule has 1 aromatic rings. The van der Waals surface area contributed by atoms with Gasteiger partial charge >= 0.3 is 0 Å². The van der Waals surface area contributed by atoms with E-state index < -0.39 is 9.84 Å². The highest BCUT2D eigenvalue weighted by molar-refractivity contribution is 7.91. The standard InChI is InChI=1S/C13H19NO2S/c1-9-4-10(2)6-11(5-9)14-12-7-13(8-12)17(3,15)16/h4-6,12-14H,7-8H2,1-3H3. The fourth-order valence-electron chi connectivity index (χ4n) is 2.33. The summed E-state index contributed by atoms with van der Waals surface area (Å²) in [7, 11) is -2.85. The average molecular weight is 253 g/mol. The van der Waals surface area contributed by atoms with E-state index in [1.807, 2.05) is 0 Å². The zero-order valence-electron chi connectivity index (χ0n) is 10.5. The minimum atomic E-state index is -2.85. The third-order valence-electron chi connectivity index (χ3n) is 3.29. The first-order chi connectivity index (χ1) is 7.84. The molecule has 1 aliphatic rings. The summed E-state index contributed by atoms with van der Waals surface area (Å²) in [6.45, 7) is 4.14. The number of hydrogen-bond donors (Lipinski definition) is 1. The largest absolute Gasteiger partial charge is 0.382 e. The fourth-order valence-corrected chi connectivity index (χ4v) is 3.49. The zero-order chi connectivity index (χ0) is 12.6. The highest BCUT2D eigenvalue weighted by Crippen LogP contribution is 2.29. The maximum absolute atomic E-state index is 11.3. The number of nitrogens with one attached hydrogen (secondary N) is 1. The monoisotopic (exact) mass is 253 g/mol. The molecule has 1 saturated carbocycles. The summed E-state index contributed by atoms with van der Waals surface area (Å²) < 4.78 is 22.6. The van der Waals surface area contributed by atoms with Crippen LogP contribution in [0, 0.1) is 13.8 Å². The van der Waals surface area contributed by atoms with Gasteiger partial charge < -0.3 is 5.32 Å². The molecule has 0 bridgehead atoms. The normalized spacial score (nSPS) is 24.2. The number of sulfone groups is 1. The molecule has 94 valence electrons. The van der Waals surface area contributed by atoms with E-state index in [1.54, 1.807) is 0 Å². The first kappa shape index (κ1) is 12.4. The Balaban J connectivity index is 1.96. The topological polar surface area (TPSA) is 46.2 Å². The van der Waals surface area contributed by atoms with Gasteiger partial charge in [-0.25, -0.2) is 8.42 Å². The second kappa shape index (κ2) is 4.33. The van der Waals surface area contributed by atoms with Crippen molar-refractivity contribution >= 4 is 15.5 Å². The Morgan fingerprint density at radius 3 is 2.12 bits per heavy atom. The quantitative estimate of drug-likeness (QED) is 0.899. The molecule has 0 unspecified atom stereocenters. The molecular formula is C13H19NO2S. The molecule has 2 rings (SSSR count). The molecule has 0 aromatic heterocycles. The van der Waals surface area contributed by atoms with Crippen LogP contribution in [0.4, 0.5) is 5.69 Å². The lowest BCUT2D eigenvalue weighted by Gasteiger charge is -2.35. The summed E-state index contributed by atoms with van der Waals surface area (Å²) in [5, 5.41) is 3.25. The zero-order valence-corrected chi connectivity index (χ0v) is 11.3. The Bertz CT molecular complexity index is 496. The predicted octanol–water partition coefficient (Wildman–Crippen LogP) is 2.29. The van der Waals surface area contributed by atoms with Crippen LogP contribution >= 0.6 is 0 Å². The molecule has 1 N–H and O–H groups in total. The van der Waals surface area contributed by atoms with E-state index in [0.29, 0.717) is 6.04 Å². The lowest BCUT2D eigenvalue weighted by Crippen LogP contribution is -2.43. The van der Waals surface area contributed by atoms with E-state index in [0.717, 1.165) is 18.5 Å². The van der Waals surface area contributed by atoms with Crippen LogP contribution in [0.2, 0.25) is 0 Å². The Morgan fingerprint density at radius 1 is 1.12 bits per heavy atom. The summed E-state index contributed by atoms with van der Waals surface area (Å²) in [5.74, 6) is 0. The molecule has 0 amide bonds. The van der Waals surface area contributed by atoms with E-state index in [9.17, 15) is 8.42 Å². The van der Waals surface area contributed by atoms with Crippen LogP contribution in [0.5, 0.6) is 0 Å². The van der Waals surface area contributed by atoms with Crippen LogP contribution in [0.1, 0.15) is 24.0 Å². The molecule has 17 heavy (non-hydrogen) atoms. The van der Waals surface area contributed by atoms with Gasteiger partial charge in [-0.05, 0) is 49.9 Å². The van der Waals surface area contributed by atoms with Gasteiger partial charge in [-0.3, -0.25) is 0 Å². The molecular weight excluding hydrogens is 234 g/mol. The summed E-state index contributed by atoms with van der Waals surface area (Å²) >= 11 is 0. The maximum Gasteiger partial charge on any atom is 0.150 e. The molecule has 3 nitrogen and oxygen atoms in total. The van der Waals surface area contributed by atoms with Crippen molar-refractivity contribution in [2.45, 2.75) is 38.0 Å². The van der Waals surface area contributed by atoms with Crippen molar-refractivity contribution in [2.75, 3.05) is 11.6 Å². The molecule has 0 saturated heterocycles. The number of benzene rings is 1. The summed E-state index contributed by atoms with van der Waals surface area (Å²) in [5.41, 5.74) is 3.55. The van der Waals surface area contributed by atoms with Gasteiger partial charge in [-0.15, -0.1) is 0 Å². The van der Waals surface area contributed by atoms with Crippen molar-refractivity contribution < 1.29 is 8.42 Å². The van der Waals surface area contributed by atoms with E-state index in [1.165, 1.54) is 17.4 Å². The van der Waals surface area contributed by atoms with Crippen LogP contribution in [0.15, 0.2) is 18.2 Å². The minimum Gasteiger partial charge on any atom is -0.382 e. The Kier molecular flexibility index (Phi) is 3.17. The van der Waals surface area contributed by atoms with Crippen LogP contribution < -0.4 is 5.32 Å². The third kappa shape index (κ3) is 3.00. The fraction of sp³-hybridized carbons (Fsp3) is 0.538.